The van der Waals surface area contributed by atoms with Gasteiger partial charge in [0.2, 0.25) is 5.91 Å². The minimum Gasteiger partial charge on any atom is -0.497 e. The van der Waals surface area contributed by atoms with Gasteiger partial charge >= 0.3 is 0 Å². The Morgan fingerprint density at radius 2 is 1.76 bits per heavy atom. The van der Waals surface area contributed by atoms with Crippen LogP contribution in [0.15, 0.2) is 72.8 Å². The van der Waals surface area contributed by atoms with Crippen molar-refractivity contribution in [1.29, 1.82) is 0 Å². The van der Waals surface area contributed by atoms with Crippen LogP contribution in [0, 0.1) is 0 Å². The number of ether oxygens (including phenoxy) is 2. The molecule has 0 spiro atoms. The van der Waals surface area contributed by atoms with Gasteiger partial charge in [-0.15, -0.1) is 0 Å². The molecule has 1 N–H and O–H groups in total. The summed E-state index contributed by atoms with van der Waals surface area (Å²) in [5.41, 5.74) is 3.52. The second-order valence-corrected chi connectivity index (χ2v) is 9.84. The van der Waals surface area contributed by atoms with E-state index in [1.165, 1.54) is 0 Å². The van der Waals surface area contributed by atoms with Gasteiger partial charge in [-0.05, 0) is 42.3 Å². The van der Waals surface area contributed by atoms with Gasteiger partial charge in [-0.3, -0.25) is 9.59 Å². The van der Waals surface area contributed by atoms with Crippen molar-refractivity contribution in [3.05, 3.63) is 95.2 Å². The van der Waals surface area contributed by atoms with Gasteiger partial charge in [0.25, 0.3) is 5.91 Å². The van der Waals surface area contributed by atoms with Crippen LogP contribution in [0.3, 0.4) is 0 Å². The molecule has 2 atom stereocenters. The normalized spacial score (nSPS) is 21.1. The van der Waals surface area contributed by atoms with E-state index in [1.54, 1.807) is 24.0 Å². The number of para-hydroxylation sites is 2. The first-order valence-corrected chi connectivity index (χ1v) is 12.4. The Hall–Kier alpha value is -4.26. The molecule has 1 aromatic heterocycles. The predicted octanol–water partition coefficient (Wildman–Crippen LogP) is 4.42. The minimum absolute atomic E-state index is 0.0276. The Morgan fingerprint density at radius 3 is 2.57 bits per heavy atom. The number of benzene rings is 3. The number of aromatic nitrogens is 1. The van der Waals surface area contributed by atoms with Crippen LogP contribution in [-0.2, 0) is 21.7 Å². The average molecular weight is 496 g/mol. The summed E-state index contributed by atoms with van der Waals surface area (Å²) in [6.07, 6.45) is 0. The predicted molar refractivity (Wildman–Crippen MR) is 141 cm³/mol. The Balaban J connectivity index is 1.50. The van der Waals surface area contributed by atoms with Crippen LogP contribution in [0.25, 0.3) is 10.9 Å². The molecular weight excluding hydrogens is 466 g/mol. The van der Waals surface area contributed by atoms with E-state index in [-0.39, 0.29) is 24.3 Å². The van der Waals surface area contributed by atoms with Crippen molar-refractivity contribution in [2.45, 2.75) is 24.9 Å². The molecule has 0 bridgehead atoms. The lowest BCUT2D eigenvalue weighted by molar-refractivity contribution is -0.166. The summed E-state index contributed by atoms with van der Waals surface area (Å²) >= 11 is 0. The lowest BCUT2D eigenvalue weighted by Crippen LogP contribution is -2.67. The largest absolute Gasteiger partial charge is 0.497 e. The van der Waals surface area contributed by atoms with Crippen LogP contribution < -0.4 is 9.47 Å². The van der Waals surface area contributed by atoms with Crippen molar-refractivity contribution in [2.24, 2.45) is 0 Å². The number of rotatable bonds is 5. The van der Waals surface area contributed by atoms with Gasteiger partial charge in [-0.2, -0.15) is 0 Å². The standard InChI is InChI=1S/C30H29N3O4/c1-30-28-27(22-12-4-6-13-24(22)31-28)23(21-11-5-7-14-25(21)37-3)17-33(30)26(34)18-32(29(30)35)16-19-9-8-10-20(15-19)36-2/h4-15,23,31H,16-18H2,1-3H3/t23?,30-/m0/s1. The van der Waals surface area contributed by atoms with Crippen LogP contribution in [-0.4, -0.2) is 53.9 Å². The maximum Gasteiger partial charge on any atom is 0.255 e. The van der Waals surface area contributed by atoms with Crippen molar-refractivity contribution < 1.29 is 19.1 Å². The minimum atomic E-state index is -1.15. The van der Waals surface area contributed by atoms with E-state index in [1.807, 2.05) is 73.7 Å². The number of carbonyl (C=O) groups is 2. The summed E-state index contributed by atoms with van der Waals surface area (Å²) in [6.45, 7) is 2.62. The molecule has 1 fully saturated rings. The van der Waals surface area contributed by atoms with Crippen LogP contribution in [0.2, 0.25) is 0 Å². The van der Waals surface area contributed by atoms with Gasteiger partial charge in [0.15, 0.2) is 5.54 Å². The quantitative estimate of drug-likeness (QED) is 0.445. The van der Waals surface area contributed by atoms with E-state index in [0.29, 0.717) is 13.1 Å². The third kappa shape index (κ3) is 3.49. The topological polar surface area (TPSA) is 74.9 Å². The summed E-state index contributed by atoms with van der Waals surface area (Å²) in [5.74, 6) is 1.17. The second-order valence-electron chi connectivity index (χ2n) is 9.84. The number of aromatic amines is 1. The highest BCUT2D eigenvalue weighted by Crippen LogP contribution is 2.49. The first-order valence-electron chi connectivity index (χ1n) is 12.4. The number of hydrogen-bond donors (Lipinski definition) is 1. The fraction of sp³-hybridized carbons (Fsp3) is 0.267. The molecule has 1 saturated heterocycles. The van der Waals surface area contributed by atoms with E-state index in [0.717, 1.165) is 44.8 Å². The smallest absolute Gasteiger partial charge is 0.255 e. The Bertz CT molecular complexity index is 1530. The van der Waals surface area contributed by atoms with Gasteiger partial charge in [0.05, 0.1) is 19.9 Å². The monoisotopic (exact) mass is 495 g/mol. The highest BCUT2D eigenvalue weighted by Gasteiger charge is 2.56. The maximum atomic E-state index is 14.2. The van der Waals surface area contributed by atoms with E-state index in [9.17, 15) is 9.59 Å². The first-order chi connectivity index (χ1) is 18.0. The molecule has 6 rings (SSSR count). The van der Waals surface area contributed by atoms with Crippen molar-refractivity contribution >= 4 is 22.7 Å². The SMILES string of the molecule is COc1cccc(CN2CC(=O)N3CC(c4ccccc4OC)c4c([nH]c5ccccc45)[C@@]3(C)C2=O)c1. The Kier molecular flexibility index (Phi) is 5.44. The van der Waals surface area contributed by atoms with Gasteiger partial charge in [0, 0.05) is 35.5 Å². The highest BCUT2D eigenvalue weighted by atomic mass is 16.5. The molecule has 7 heteroatoms. The summed E-state index contributed by atoms with van der Waals surface area (Å²) in [6, 6.07) is 23.6. The zero-order valence-electron chi connectivity index (χ0n) is 21.2. The molecule has 0 saturated carbocycles. The van der Waals surface area contributed by atoms with Gasteiger partial charge < -0.3 is 24.3 Å². The van der Waals surface area contributed by atoms with Gasteiger partial charge in [0.1, 0.15) is 18.0 Å². The molecule has 1 unspecified atom stereocenters. The fourth-order valence-corrected chi connectivity index (χ4v) is 6.03. The molecule has 4 aromatic rings. The van der Waals surface area contributed by atoms with Crippen molar-refractivity contribution in [2.75, 3.05) is 27.3 Å². The molecule has 2 aliphatic heterocycles. The number of nitrogens with zero attached hydrogens (tertiary/aromatic N) is 2. The molecule has 2 amide bonds. The third-order valence-electron chi connectivity index (χ3n) is 7.84. The number of amides is 2. The third-order valence-corrected chi connectivity index (χ3v) is 7.84. The number of carbonyl (C=O) groups excluding carboxylic acids is 2. The van der Waals surface area contributed by atoms with E-state index >= 15 is 0 Å². The number of H-pyrrole nitrogens is 1. The Labute approximate surface area is 215 Å². The van der Waals surface area contributed by atoms with Crippen molar-refractivity contribution in [3.8, 4) is 11.5 Å². The highest BCUT2D eigenvalue weighted by molar-refractivity contribution is 6.01. The molecule has 0 radical (unpaired) electrons. The van der Waals surface area contributed by atoms with Crippen molar-refractivity contribution in [1.82, 2.24) is 14.8 Å². The number of fused-ring (bicyclic) bond motifs is 5. The van der Waals surface area contributed by atoms with Gasteiger partial charge in [-0.1, -0.05) is 48.5 Å². The second kappa shape index (κ2) is 8.69. The number of piperazine rings is 1. The molecule has 3 heterocycles. The molecule has 7 nitrogen and oxygen atoms in total. The van der Waals surface area contributed by atoms with Crippen molar-refractivity contribution in [3.63, 3.8) is 0 Å². The summed E-state index contributed by atoms with van der Waals surface area (Å²) in [4.78, 5) is 34.9. The Morgan fingerprint density at radius 1 is 0.973 bits per heavy atom. The maximum absolute atomic E-state index is 14.2. The number of methoxy groups -OCH3 is 2. The van der Waals surface area contributed by atoms with Crippen LogP contribution in [0.1, 0.15) is 35.2 Å². The lowest BCUT2D eigenvalue weighted by atomic mass is 9.76. The van der Waals surface area contributed by atoms with E-state index in [2.05, 4.69) is 11.1 Å². The average Bonchev–Trinajstić information content (AvgIpc) is 3.33. The lowest BCUT2D eigenvalue weighted by Gasteiger charge is -2.51. The molecular formula is C30H29N3O4. The van der Waals surface area contributed by atoms with Crippen LogP contribution >= 0.6 is 0 Å². The summed E-state index contributed by atoms with van der Waals surface area (Å²) in [7, 11) is 3.28. The van der Waals surface area contributed by atoms with Crippen LogP contribution in [0.5, 0.6) is 11.5 Å². The summed E-state index contributed by atoms with van der Waals surface area (Å²) in [5, 5.41) is 1.06. The zero-order valence-corrected chi connectivity index (χ0v) is 21.2. The van der Waals surface area contributed by atoms with E-state index in [4.69, 9.17) is 9.47 Å². The number of nitrogens with one attached hydrogen (secondary N) is 1. The molecule has 0 aliphatic carbocycles. The summed E-state index contributed by atoms with van der Waals surface area (Å²) < 4.78 is 11.1. The van der Waals surface area contributed by atoms with E-state index < -0.39 is 5.54 Å². The first kappa shape index (κ1) is 23.2. The van der Waals surface area contributed by atoms with Crippen LogP contribution in [0.4, 0.5) is 0 Å². The number of hydrogen-bond acceptors (Lipinski definition) is 4. The molecule has 37 heavy (non-hydrogen) atoms. The fourth-order valence-electron chi connectivity index (χ4n) is 6.03. The van der Waals surface area contributed by atoms with Gasteiger partial charge in [-0.25, -0.2) is 0 Å². The molecule has 188 valence electrons. The molecule has 2 aliphatic rings. The molecule has 3 aromatic carbocycles. The zero-order chi connectivity index (χ0) is 25.7.